The van der Waals surface area contributed by atoms with Gasteiger partial charge in [0.2, 0.25) is 11.8 Å². The summed E-state index contributed by atoms with van der Waals surface area (Å²) in [5, 5.41) is 0.960. The summed E-state index contributed by atoms with van der Waals surface area (Å²) < 4.78 is 5.69. The lowest BCUT2D eigenvalue weighted by Gasteiger charge is -2.27. The highest BCUT2D eigenvalue weighted by atomic mass is 79.9. The highest BCUT2D eigenvalue weighted by Crippen LogP contribution is 2.28. The van der Waals surface area contributed by atoms with E-state index >= 15 is 0 Å². The van der Waals surface area contributed by atoms with Crippen molar-refractivity contribution in [2.75, 3.05) is 12.0 Å². The second kappa shape index (κ2) is 9.08. The lowest BCUT2D eigenvalue weighted by Crippen LogP contribution is -2.54. The van der Waals surface area contributed by atoms with E-state index in [1.807, 2.05) is 0 Å². The number of carbonyl (C=O) groups is 4. The number of nitrogens with one attached hydrogen (secondary N) is 1. The highest BCUT2D eigenvalue weighted by Gasteiger charge is 2.45. The lowest BCUT2D eigenvalue weighted by atomic mass is 10.2. The Bertz CT molecular complexity index is 1010. The van der Waals surface area contributed by atoms with Crippen LogP contribution >= 0.6 is 15.9 Å². The first-order valence-electron chi connectivity index (χ1n) is 9.25. The molecule has 1 N–H and O–H groups in total. The predicted molar refractivity (Wildman–Crippen MR) is 113 cm³/mol. The smallest absolute Gasteiger partial charge is 0.271 e. The number of amides is 4. The van der Waals surface area contributed by atoms with Crippen LogP contribution in [0.25, 0.3) is 0 Å². The van der Waals surface area contributed by atoms with E-state index in [2.05, 4.69) is 21.4 Å². The van der Waals surface area contributed by atoms with Gasteiger partial charge in [-0.3, -0.25) is 24.6 Å². The minimum absolute atomic E-state index is 0.0490. The normalized spacial score (nSPS) is 15.8. The fourth-order valence-corrected chi connectivity index (χ4v) is 3.60. The molecule has 0 spiro atoms. The maximum absolute atomic E-state index is 13.1. The Morgan fingerprint density at radius 1 is 1.20 bits per heavy atom. The third-order valence-electron chi connectivity index (χ3n) is 4.66. The maximum atomic E-state index is 13.1. The molecule has 3 rings (SSSR count). The van der Waals surface area contributed by atoms with E-state index < -0.39 is 29.7 Å². The van der Waals surface area contributed by atoms with Gasteiger partial charge in [0.1, 0.15) is 11.8 Å². The lowest BCUT2D eigenvalue weighted by molar-refractivity contribution is -0.140. The van der Waals surface area contributed by atoms with Crippen LogP contribution in [0.1, 0.15) is 30.1 Å². The summed E-state index contributed by atoms with van der Waals surface area (Å²) in [5.74, 6) is -1.62. The number of rotatable bonds is 5. The van der Waals surface area contributed by atoms with Crippen LogP contribution in [0.3, 0.4) is 0 Å². The zero-order valence-electron chi connectivity index (χ0n) is 16.4. The van der Waals surface area contributed by atoms with Gasteiger partial charge in [-0.15, -0.1) is 0 Å². The fourth-order valence-electron chi connectivity index (χ4n) is 3.14. The molecule has 0 saturated carbocycles. The van der Waals surface area contributed by atoms with Crippen LogP contribution in [0.2, 0.25) is 0 Å². The van der Waals surface area contributed by atoms with E-state index in [1.54, 1.807) is 55.5 Å². The van der Waals surface area contributed by atoms with E-state index in [4.69, 9.17) is 4.74 Å². The number of hydrazine groups is 1. The fraction of sp³-hybridized carbons (Fsp3) is 0.238. The minimum atomic E-state index is -1.14. The number of benzene rings is 2. The van der Waals surface area contributed by atoms with Gasteiger partial charge in [-0.1, -0.05) is 25.1 Å². The Balaban J connectivity index is 1.88. The summed E-state index contributed by atoms with van der Waals surface area (Å²) >= 11 is 3.29. The van der Waals surface area contributed by atoms with Gasteiger partial charge in [0, 0.05) is 17.0 Å². The standard InChI is InChI=1S/C21H20BrN3O5/c1-3-18(26)25(23-20(28)15-9-4-5-10-16(15)22)17-12-19(27)24(21(17)29)13-7-6-8-14(11-13)30-2/h4-11,17H,3,12H2,1-2H3,(H,23,28). The van der Waals surface area contributed by atoms with Crippen LogP contribution in [-0.4, -0.2) is 41.8 Å². The molecule has 2 aromatic carbocycles. The quantitative estimate of drug-likeness (QED) is 0.531. The van der Waals surface area contributed by atoms with E-state index in [0.29, 0.717) is 21.5 Å². The average Bonchev–Trinajstić information content (AvgIpc) is 3.05. The molecule has 0 radical (unpaired) electrons. The highest BCUT2D eigenvalue weighted by molar-refractivity contribution is 9.10. The molecule has 1 fully saturated rings. The molecule has 0 aromatic heterocycles. The summed E-state index contributed by atoms with van der Waals surface area (Å²) in [5.41, 5.74) is 3.14. The first kappa shape index (κ1) is 21.5. The van der Waals surface area contributed by atoms with Crippen molar-refractivity contribution in [2.45, 2.75) is 25.8 Å². The van der Waals surface area contributed by atoms with Crippen molar-refractivity contribution >= 4 is 45.2 Å². The topological polar surface area (TPSA) is 96.0 Å². The third kappa shape index (κ3) is 4.20. The molecule has 156 valence electrons. The molecule has 0 aliphatic carbocycles. The summed E-state index contributed by atoms with van der Waals surface area (Å²) in [7, 11) is 1.48. The van der Waals surface area contributed by atoms with Crippen molar-refractivity contribution in [2.24, 2.45) is 0 Å². The summed E-state index contributed by atoms with van der Waals surface area (Å²) in [6, 6.07) is 12.1. The monoisotopic (exact) mass is 473 g/mol. The number of hydrogen-bond acceptors (Lipinski definition) is 5. The van der Waals surface area contributed by atoms with Gasteiger partial charge in [0.25, 0.3) is 11.8 Å². The van der Waals surface area contributed by atoms with E-state index in [9.17, 15) is 19.2 Å². The van der Waals surface area contributed by atoms with Crippen molar-refractivity contribution in [1.29, 1.82) is 0 Å². The molecule has 4 amide bonds. The van der Waals surface area contributed by atoms with Gasteiger partial charge in [0.05, 0.1) is 24.8 Å². The van der Waals surface area contributed by atoms with Gasteiger partial charge in [0.15, 0.2) is 0 Å². The summed E-state index contributed by atoms with van der Waals surface area (Å²) in [6.07, 6.45) is -0.189. The Kier molecular flexibility index (Phi) is 6.51. The van der Waals surface area contributed by atoms with E-state index in [-0.39, 0.29) is 12.8 Å². The van der Waals surface area contributed by atoms with E-state index in [0.717, 1.165) is 9.91 Å². The third-order valence-corrected chi connectivity index (χ3v) is 5.35. The van der Waals surface area contributed by atoms with Gasteiger partial charge < -0.3 is 4.74 Å². The number of halogens is 1. The molecule has 0 bridgehead atoms. The number of nitrogens with zero attached hydrogens (tertiary/aromatic N) is 2. The first-order valence-corrected chi connectivity index (χ1v) is 10.0. The average molecular weight is 474 g/mol. The van der Waals surface area contributed by atoms with Crippen molar-refractivity contribution < 1.29 is 23.9 Å². The Morgan fingerprint density at radius 2 is 1.93 bits per heavy atom. The molecule has 9 heteroatoms. The maximum Gasteiger partial charge on any atom is 0.271 e. The second-order valence-electron chi connectivity index (χ2n) is 6.53. The first-order chi connectivity index (χ1) is 14.4. The number of imide groups is 1. The molecule has 1 atom stereocenters. The predicted octanol–water partition coefficient (Wildman–Crippen LogP) is 2.67. The van der Waals surface area contributed by atoms with Crippen LogP contribution in [0.4, 0.5) is 5.69 Å². The SMILES string of the molecule is CCC(=O)N(NC(=O)c1ccccc1Br)C1CC(=O)N(c2cccc(OC)c2)C1=O. The largest absolute Gasteiger partial charge is 0.497 e. The molecule has 8 nitrogen and oxygen atoms in total. The van der Waals surface area contributed by atoms with Crippen molar-refractivity contribution in [3.8, 4) is 5.75 Å². The molecule has 1 aliphatic heterocycles. The van der Waals surface area contributed by atoms with Crippen molar-refractivity contribution in [1.82, 2.24) is 10.4 Å². The molecular weight excluding hydrogens is 454 g/mol. The van der Waals surface area contributed by atoms with Gasteiger partial charge in [-0.25, -0.2) is 9.91 Å². The Labute approximate surface area is 181 Å². The molecule has 1 unspecified atom stereocenters. The molecular formula is C21H20BrN3O5. The van der Waals surface area contributed by atoms with Crippen LogP contribution < -0.4 is 15.1 Å². The van der Waals surface area contributed by atoms with E-state index in [1.165, 1.54) is 7.11 Å². The summed E-state index contributed by atoms with van der Waals surface area (Å²) in [6.45, 7) is 1.61. The van der Waals surface area contributed by atoms with Crippen molar-refractivity contribution in [3.63, 3.8) is 0 Å². The van der Waals surface area contributed by atoms with Gasteiger partial charge >= 0.3 is 0 Å². The molecule has 30 heavy (non-hydrogen) atoms. The zero-order chi connectivity index (χ0) is 21.8. The number of anilines is 1. The van der Waals surface area contributed by atoms with Gasteiger partial charge in [-0.2, -0.15) is 0 Å². The van der Waals surface area contributed by atoms with Crippen LogP contribution in [0.15, 0.2) is 53.0 Å². The Hall–Kier alpha value is -3.20. The number of ether oxygens (including phenoxy) is 1. The molecule has 1 heterocycles. The van der Waals surface area contributed by atoms with Gasteiger partial charge in [-0.05, 0) is 40.2 Å². The van der Waals surface area contributed by atoms with Crippen LogP contribution in [-0.2, 0) is 14.4 Å². The minimum Gasteiger partial charge on any atom is -0.497 e. The van der Waals surface area contributed by atoms with Crippen LogP contribution in [0, 0.1) is 0 Å². The number of hydrogen-bond donors (Lipinski definition) is 1. The molecule has 2 aromatic rings. The molecule has 1 aliphatic rings. The molecule has 1 saturated heterocycles. The zero-order valence-corrected chi connectivity index (χ0v) is 18.0. The van der Waals surface area contributed by atoms with Crippen LogP contribution in [0.5, 0.6) is 5.75 Å². The number of methoxy groups -OCH3 is 1. The summed E-state index contributed by atoms with van der Waals surface area (Å²) in [4.78, 5) is 52.0. The number of carbonyl (C=O) groups excluding carboxylic acids is 4. The Morgan fingerprint density at radius 3 is 2.60 bits per heavy atom. The second-order valence-corrected chi connectivity index (χ2v) is 7.38. The van der Waals surface area contributed by atoms with Crippen molar-refractivity contribution in [3.05, 3.63) is 58.6 Å².